The zero-order valence-corrected chi connectivity index (χ0v) is 19.3. The molecular weight excluding hydrogens is 416 g/mol. The zero-order chi connectivity index (χ0) is 22.5. The van der Waals surface area contributed by atoms with Crippen LogP contribution < -0.4 is 5.32 Å². The number of aromatic nitrogens is 3. The van der Waals surface area contributed by atoms with E-state index in [-0.39, 0.29) is 5.91 Å². The maximum absolute atomic E-state index is 13.4. The summed E-state index contributed by atoms with van der Waals surface area (Å²) in [7, 11) is 1.95. The van der Waals surface area contributed by atoms with Crippen LogP contribution in [0.3, 0.4) is 0 Å². The molecule has 1 amide bonds. The number of carbonyl (C=O) groups excluding carboxylic acids is 1. The third kappa shape index (κ3) is 5.08. The summed E-state index contributed by atoms with van der Waals surface area (Å²) < 4.78 is 1.97. The lowest BCUT2D eigenvalue weighted by atomic mass is 10.1. The quantitative estimate of drug-likeness (QED) is 0.384. The standard InChI is InChI=1S/C26H26N4OS/c1-18-14-15-19(2)22(16-18)27-25(31)24(21-12-8-5-9-13-21)32-26-29-28-23(30(26)3)17-20-10-6-4-7-11-20/h4-16,24H,17H2,1-3H3,(H,27,31)/t24-/m1/s1. The van der Waals surface area contributed by atoms with Gasteiger partial charge in [-0.3, -0.25) is 4.79 Å². The van der Waals surface area contributed by atoms with Gasteiger partial charge in [0.05, 0.1) is 0 Å². The average molecular weight is 443 g/mol. The molecule has 162 valence electrons. The average Bonchev–Trinajstić information content (AvgIpc) is 3.14. The first-order valence-electron chi connectivity index (χ1n) is 10.5. The topological polar surface area (TPSA) is 59.8 Å². The number of anilines is 1. The van der Waals surface area contributed by atoms with Crippen LogP contribution in [0.1, 0.15) is 33.3 Å². The van der Waals surface area contributed by atoms with Crippen molar-refractivity contribution in [3.63, 3.8) is 0 Å². The minimum atomic E-state index is -0.455. The summed E-state index contributed by atoms with van der Waals surface area (Å²) in [6, 6.07) is 26.1. The van der Waals surface area contributed by atoms with Gasteiger partial charge >= 0.3 is 0 Å². The van der Waals surface area contributed by atoms with Gasteiger partial charge in [-0.25, -0.2) is 0 Å². The van der Waals surface area contributed by atoms with Gasteiger partial charge in [0.15, 0.2) is 5.16 Å². The van der Waals surface area contributed by atoms with Crippen LogP contribution in [0.15, 0.2) is 84.0 Å². The Labute approximate surface area is 192 Å². The van der Waals surface area contributed by atoms with Crippen molar-refractivity contribution in [3.8, 4) is 0 Å². The van der Waals surface area contributed by atoms with Gasteiger partial charge in [0.1, 0.15) is 11.1 Å². The van der Waals surface area contributed by atoms with E-state index in [4.69, 9.17) is 0 Å². The van der Waals surface area contributed by atoms with Crippen molar-refractivity contribution in [1.29, 1.82) is 0 Å². The minimum Gasteiger partial charge on any atom is -0.325 e. The Morgan fingerprint density at radius 3 is 2.38 bits per heavy atom. The summed E-state index contributed by atoms with van der Waals surface area (Å²) in [4.78, 5) is 13.4. The molecule has 0 spiro atoms. The van der Waals surface area contributed by atoms with Crippen LogP contribution in [0.4, 0.5) is 5.69 Å². The molecule has 4 rings (SSSR count). The van der Waals surface area contributed by atoms with Crippen LogP contribution in [0.5, 0.6) is 0 Å². The molecule has 4 aromatic rings. The van der Waals surface area contributed by atoms with Crippen LogP contribution in [0.25, 0.3) is 0 Å². The fraction of sp³-hybridized carbons (Fsp3) is 0.192. The lowest BCUT2D eigenvalue weighted by molar-refractivity contribution is -0.115. The fourth-order valence-corrected chi connectivity index (χ4v) is 4.48. The third-order valence-corrected chi connectivity index (χ3v) is 6.63. The van der Waals surface area contributed by atoms with Crippen molar-refractivity contribution in [2.75, 3.05) is 5.32 Å². The molecule has 5 nitrogen and oxygen atoms in total. The maximum atomic E-state index is 13.4. The van der Waals surface area contributed by atoms with E-state index in [1.54, 1.807) is 0 Å². The second-order valence-corrected chi connectivity index (χ2v) is 8.91. The molecule has 0 aliphatic heterocycles. The highest BCUT2D eigenvalue weighted by Crippen LogP contribution is 2.36. The van der Waals surface area contributed by atoms with Crippen LogP contribution in [-0.2, 0) is 18.3 Å². The number of hydrogen-bond donors (Lipinski definition) is 1. The van der Waals surface area contributed by atoms with E-state index in [0.717, 1.165) is 28.2 Å². The first-order valence-corrected chi connectivity index (χ1v) is 11.4. The zero-order valence-electron chi connectivity index (χ0n) is 18.4. The molecule has 0 saturated heterocycles. The molecule has 0 fully saturated rings. The Balaban J connectivity index is 1.59. The normalized spacial score (nSPS) is 11.8. The first-order chi connectivity index (χ1) is 15.5. The van der Waals surface area contributed by atoms with Crippen LogP contribution in [-0.4, -0.2) is 20.7 Å². The number of aryl methyl sites for hydroxylation is 2. The lowest BCUT2D eigenvalue weighted by Gasteiger charge is -2.18. The number of nitrogens with one attached hydrogen (secondary N) is 1. The minimum absolute atomic E-state index is 0.0810. The Morgan fingerprint density at radius 2 is 1.66 bits per heavy atom. The number of nitrogens with zero attached hydrogens (tertiary/aromatic N) is 3. The monoisotopic (exact) mass is 442 g/mol. The number of hydrogen-bond acceptors (Lipinski definition) is 4. The molecule has 6 heteroatoms. The van der Waals surface area contributed by atoms with Crippen molar-refractivity contribution in [3.05, 3.63) is 107 Å². The largest absolute Gasteiger partial charge is 0.325 e. The predicted octanol–water partition coefficient (Wildman–Crippen LogP) is 5.49. The highest BCUT2D eigenvalue weighted by Gasteiger charge is 2.25. The summed E-state index contributed by atoms with van der Waals surface area (Å²) in [6.45, 7) is 4.02. The van der Waals surface area contributed by atoms with E-state index in [1.807, 2.05) is 92.2 Å². The molecule has 0 radical (unpaired) electrons. The molecule has 0 bridgehead atoms. The summed E-state index contributed by atoms with van der Waals surface area (Å²) in [6.07, 6.45) is 0.690. The van der Waals surface area contributed by atoms with Crippen molar-refractivity contribution in [2.24, 2.45) is 7.05 Å². The number of rotatable bonds is 7. The molecule has 1 heterocycles. The lowest BCUT2D eigenvalue weighted by Crippen LogP contribution is -2.20. The van der Waals surface area contributed by atoms with Gasteiger partial charge in [-0.1, -0.05) is 84.6 Å². The molecule has 32 heavy (non-hydrogen) atoms. The Hall–Kier alpha value is -3.38. The van der Waals surface area contributed by atoms with Gasteiger partial charge in [0.2, 0.25) is 5.91 Å². The van der Waals surface area contributed by atoms with Crippen molar-refractivity contribution in [1.82, 2.24) is 14.8 Å². The van der Waals surface area contributed by atoms with Gasteiger partial charge in [-0.05, 0) is 42.2 Å². The highest BCUT2D eigenvalue weighted by atomic mass is 32.2. The maximum Gasteiger partial charge on any atom is 0.242 e. The molecular formula is C26H26N4OS. The molecule has 0 unspecified atom stereocenters. The van der Waals surface area contributed by atoms with Crippen molar-refractivity contribution >= 4 is 23.4 Å². The molecule has 1 aromatic heterocycles. The first kappa shape index (κ1) is 21.8. The number of benzene rings is 3. The Bertz CT molecular complexity index is 1210. The summed E-state index contributed by atoms with van der Waals surface area (Å²) in [5, 5.41) is 12.2. The van der Waals surface area contributed by atoms with Gasteiger partial charge in [-0.2, -0.15) is 0 Å². The van der Waals surface area contributed by atoms with Crippen LogP contribution >= 0.6 is 11.8 Å². The van der Waals surface area contributed by atoms with Crippen molar-refractivity contribution < 1.29 is 4.79 Å². The van der Waals surface area contributed by atoms with E-state index < -0.39 is 5.25 Å². The number of amides is 1. The SMILES string of the molecule is Cc1ccc(C)c(NC(=O)[C@H](Sc2nnc(Cc3ccccc3)n2C)c2ccccc2)c1. The van der Waals surface area contributed by atoms with Gasteiger partial charge in [-0.15, -0.1) is 10.2 Å². The Morgan fingerprint density at radius 1 is 0.969 bits per heavy atom. The summed E-state index contributed by atoms with van der Waals surface area (Å²) in [5.41, 5.74) is 5.07. The van der Waals surface area contributed by atoms with E-state index >= 15 is 0 Å². The third-order valence-electron chi connectivity index (χ3n) is 5.34. The second-order valence-electron chi connectivity index (χ2n) is 7.84. The molecule has 1 N–H and O–H groups in total. The second kappa shape index (κ2) is 9.83. The van der Waals surface area contributed by atoms with E-state index in [0.29, 0.717) is 11.6 Å². The highest BCUT2D eigenvalue weighted by molar-refractivity contribution is 8.00. The summed E-state index contributed by atoms with van der Waals surface area (Å²) in [5.74, 6) is 0.781. The summed E-state index contributed by atoms with van der Waals surface area (Å²) >= 11 is 1.41. The fourth-order valence-electron chi connectivity index (χ4n) is 3.46. The molecule has 0 saturated carbocycles. The van der Waals surface area contributed by atoms with Gasteiger partial charge in [0.25, 0.3) is 0 Å². The number of carbonyl (C=O) groups is 1. The smallest absolute Gasteiger partial charge is 0.242 e. The van der Waals surface area contributed by atoms with E-state index in [9.17, 15) is 4.79 Å². The Kier molecular flexibility index (Phi) is 6.71. The number of thioether (sulfide) groups is 1. The molecule has 0 aliphatic rings. The predicted molar refractivity (Wildman–Crippen MR) is 130 cm³/mol. The van der Waals surface area contributed by atoms with Crippen LogP contribution in [0, 0.1) is 13.8 Å². The van der Waals surface area contributed by atoms with Gasteiger partial charge < -0.3 is 9.88 Å². The van der Waals surface area contributed by atoms with E-state index in [1.165, 1.54) is 17.3 Å². The van der Waals surface area contributed by atoms with Crippen molar-refractivity contribution in [2.45, 2.75) is 30.7 Å². The molecule has 1 atom stereocenters. The van der Waals surface area contributed by atoms with Gasteiger partial charge in [0, 0.05) is 19.2 Å². The van der Waals surface area contributed by atoms with E-state index in [2.05, 4.69) is 27.6 Å². The van der Waals surface area contributed by atoms with Crippen LogP contribution in [0.2, 0.25) is 0 Å². The molecule has 3 aromatic carbocycles. The molecule has 0 aliphatic carbocycles.